The van der Waals surface area contributed by atoms with Crippen molar-refractivity contribution < 1.29 is 4.79 Å². The highest BCUT2D eigenvalue weighted by atomic mass is 16.2. The van der Waals surface area contributed by atoms with Crippen molar-refractivity contribution >= 4 is 11.7 Å². The van der Waals surface area contributed by atoms with E-state index in [1.165, 1.54) is 0 Å². The van der Waals surface area contributed by atoms with Gasteiger partial charge in [0.15, 0.2) is 0 Å². The molecule has 0 aliphatic heterocycles. The molecule has 11 heavy (non-hydrogen) atoms. The molecule has 0 aromatic carbocycles. The van der Waals surface area contributed by atoms with Crippen LogP contribution in [0.5, 0.6) is 0 Å². The molecule has 0 unspecified atom stereocenters. The summed E-state index contributed by atoms with van der Waals surface area (Å²) in [5.41, 5.74) is 0.714. The van der Waals surface area contributed by atoms with Gasteiger partial charge in [-0.05, 0) is 27.7 Å². The molecule has 0 aliphatic rings. The molecule has 0 fully saturated rings. The highest BCUT2D eigenvalue weighted by molar-refractivity contribution is 5.92. The van der Waals surface area contributed by atoms with Crippen molar-refractivity contribution in [1.29, 1.82) is 0 Å². The highest BCUT2D eigenvalue weighted by Gasteiger charge is 2.10. The van der Waals surface area contributed by atoms with Crippen LogP contribution in [0.15, 0.2) is 4.99 Å². The van der Waals surface area contributed by atoms with Crippen molar-refractivity contribution in [2.45, 2.75) is 33.7 Å². The minimum absolute atomic E-state index is 0.00870. The zero-order chi connectivity index (χ0) is 9.02. The standard InChI is InChI=1S/C7H15N3O/c1-5(2)9-7(11)10(8)6(3)4/h6H,8H2,1-4H3. The number of carbonyl (C=O) groups is 1. The topological polar surface area (TPSA) is 58.7 Å². The third-order valence-electron chi connectivity index (χ3n) is 1.10. The van der Waals surface area contributed by atoms with E-state index in [-0.39, 0.29) is 12.1 Å². The number of carbonyl (C=O) groups excluding carboxylic acids is 1. The van der Waals surface area contributed by atoms with Crippen LogP contribution in [0.2, 0.25) is 0 Å². The van der Waals surface area contributed by atoms with Crippen molar-refractivity contribution in [3.63, 3.8) is 0 Å². The Morgan fingerprint density at radius 3 is 2.18 bits per heavy atom. The average Bonchev–Trinajstić information content (AvgIpc) is 1.84. The fourth-order valence-corrected chi connectivity index (χ4v) is 0.470. The summed E-state index contributed by atoms with van der Waals surface area (Å²) >= 11 is 0. The van der Waals surface area contributed by atoms with Crippen LogP contribution in [0, 0.1) is 0 Å². The van der Waals surface area contributed by atoms with Gasteiger partial charge in [-0.3, -0.25) is 5.01 Å². The summed E-state index contributed by atoms with van der Waals surface area (Å²) < 4.78 is 0. The summed E-state index contributed by atoms with van der Waals surface area (Å²) in [6.07, 6.45) is 0. The second-order valence-electron chi connectivity index (χ2n) is 2.84. The lowest BCUT2D eigenvalue weighted by molar-refractivity contribution is 0.195. The largest absolute Gasteiger partial charge is 0.357 e. The Morgan fingerprint density at radius 1 is 1.45 bits per heavy atom. The van der Waals surface area contributed by atoms with Crippen molar-refractivity contribution in [3.8, 4) is 0 Å². The van der Waals surface area contributed by atoms with Gasteiger partial charge in [-0.1, -0.05) is 0 Å². The van der Waals surface area contributed by atoms with Gasteiger partial charge < -0.3 is 0 Å². The molecule has 64 valence electrons. The predicted octanol–water partition coefficient (Wildman–Crippen LogP) is 1.17. The van der Waals surface area contributed by atoms with E-state index >= 15 is 0 Å². The van der Waals surface area contributed by atoms with Crippen LogP contribution in [0.25, 0.3) is 0 Å². The molecule has 2 N–H and O–H groups in total. The van der Waals surface area contributed by atoms with Crippen LogP contribution >= 0.6 is 0 Å². The number of nitrogens with zero attached hydrogens (tertiary/aromatic N) is 2. The van der Waals surface area contributed by atoms with Crippen LogP contribution in [-0.4, -0.2) is 22.8 Å². The third kappa shape index (κ3) is 3.72. The van der Waals surface area contributed by atoms with Gasteiger partial charge in [-0.25, -0.2) is 15.6 Å². The molecule has 0 bridgehead atoms. The predicted molar refractivity (Wildman–Crippen MR) is 45.3 cm³/mol. The quantitative estimate of drug-likeness (QED) is 0.269. The number of urea groups is 1. The van der Waals surface area contributed by atoms with E-state index in [9.17, 15) is 4.79 Å². The van der Waals surface area contributed by atoms with Gasteiger partial charge >= 0.3 is 6.03 Å². The molecule has 0 aliphatic carbocycles. The monoisotopic (exact) mass is 157 g/mol. The number of aliphatic imine (C=N–C) groups is 1. The molecule has 4 nitrogen and oxygen atoms in total. The van der Waals surface area contributed by atoms with Crippen molar-refractivity contribution in [2.75, 3.05) is 0 Å². The summed E-state index contributed by atoms with van der Waals surface area (Å²) in [5.74, 6) is 5.38. The maximum Gasteiger partial charge on any atom is 0.357 e. The average molecular weight is 157 g/mol. The Bertz CT molecular complexity index is 171. The molecule has 0 spiro atoms. The normalized spacial score (nSPS) is 9.64. The van der Waals surface area contributed by atoms with Gasteiger partial charge in [-0.15, -0.1) is 0 Å². The van der Waals surface area contributed by atoms with Crippen molar-refractivity contribution in [3.05, 3.63) is 0 Å². The molecule has 0 saturated carbocycles. The van der Waals surface area contributed by atoms with Crippen LogP contribution in [0.1, 0.15) is 27.7 Å². The summed E-state index contributed by atoms with van der Waals surface area (Å²) in [6, 6.07) is -0.398. The van der Waals surface area contributed by atoms with Crippen molar-refractivity contribution in [2.24, 2.45) is 10.8 Å². The minimum atomic E-state index is -0.389. The Hall–Kier alpha value is -0.900. The van der Waals surface area contributed by atoms with E-state index in [1.807, 2.05) is 13.8 Å². The van der Waals surface area contributed by atoms with Crippen LogP contribution in [0.3, 0.4) is 0 Å². The van der Waals surface area contributed by atoms with Gasteiger partial charge in [-0.2, -0.15) is 0 Å². The summed E-state index contributed by atoms with van der Waals surface area (Å²) in [6.45, 7) is 7.18. The van der Waals surface area contributed by atoms with Crippen LogP contribution < -0.4 is 5.84 Å². The second-order valence-corrected chi connectivity index (χ2v) is 2.84. The second kappa shape index (κ2) is 4.08. The van der Waals surface area contributed by atoms with E-state index in [2.05, 4.69) is 4.99 Å². The molecular formula is C7H15N3O. The first-order valence-electron chi connectivity index (χ1n) is 3.55. The molecule has 0 atom stereocenters. The maximum atomic E-state index is 11.0. The Labute approximate surface area is 67.1 Å². The number of nitrogens with two attached hydrogens (primary N) is 1. The van der Waals surface area contributed by atoms with Crippen LogP contribution in [-0.2, 0) is 0 Å². The molecule has 0 heterocycles. The van der Waals surface area contributed by atoms with Gasteiger partial charge in [0.2, 0.25) is 0 Å². The SMILES string of the molecule is CC(C)=NC(=O)N(N)C(C)C. The molecule has 0 aromatic rings. The van der Waals surface area contributed by atoms with Gasteiger partial charge in [0, 0.05) is 11.8 Å². The number of hydrogen-bond acceptors (Lipinski definition) is 2. The van der Waals surface area contributed by atoms with Gasteiger partial charge in [0.05, 0.1) is 0 Å². The number of hydrogen-bond donors (Lipinski definition) is 1. The van der Waals surface area contributed by atoms with E-state index in [0.717, 1.165) is 5.01 Å². The van der Waals surface area contributed by atoms with E-state index in [1.54, 1.807) is 13.8 Å². The third-order valence-corrected chi connectivity index (χ3v) is 1.10. The summed E-state index contributed by atoms with van der Waals surface area (Å²) in [4.78, 5) is 14.7. The van der Waals surface area contributed by atoms with E-state index in [0.29, 0.717) is 5.71 Å². The van der Waals surface area contributed by atoms with E-state index in [4.69, 9.17) is 5.84 Å². The molecule has 0 saturated heterocycles. The minimum Gasteiger partial charge on any atom is -0.258 e. The molecular weight excluding hydrogens is 142 g/mol. The maximum absolute atomic E-state index is 11.0. The number of rotatable bonds is 1. The first-order chi connectivity index (χ1) is 4.95. The fraction of sp³-hybridized carbons (Fsp3) is 0.714. The first kappa shape index (κ1) is 10.1. The summed E-state index contributed by atoms with van der Waals surface area (Å²) in [5, 5.41) is 1.10. The molecule has 0 aromatic heterocycles. The Morgan fingerprint density at radius 2 is 1.91 bits per heavy atom. The summed E-state index contributed by atoms with van der Waals surface area (Å²) in [7, 11) is 0. The molecule has 2 amide bonds. The number of hydrazine groups is 1. The fourth-order valence-electron chi connectivity index (χ4n) is 0.470. The van der Waals surface area contributed by atoms with Gasteiger partial charge in [0.1, 0.15) is 0 Å². The van der Waals surface area contributed by atoms with Crippen molar-refractivity contribution in [1.82, 2.24) is 5.01 Å². The van der Waals surface area contributed by atoms with Gasteiger partial charge in [0.25, 0.3) is 0 Å². The lowest BCUT2D eigenvalue weighted by atomic mass is 10.4. The highest BCUT2D eigenvalue weighted by Crippen LogP contribution is 1.94. The first-order valence-corrected chi connectivity index (χ1v) is 3.55. The number of amides is 2. The zero-order valence-electron chi connectivity index (χ0n) is 7.46. The van der Waals surface area contributed by atoms with E-state index < -0.39 is 0 Å². The molecule has 4 heteroatoms. The Balaban J connectivity index is 4.15. The lowest BCUT2D eigenvalue weighted by Crippen LogP contribution is -2.41. The smallest absolute Gasteiger partial charge is 0.258 e. The molecule has 0 radical (unpaired) electrons. The van der Waals surface area contributed by atoms with Crippen LogP contribution in [0.4, 0.5) is 4.79 Å². The molecule has 0 rings (SSSR count). The zero-order valence-corrected chi connectivity index (χ0v) is 7.46. The Kier molecular flexibility index (Phi) is 3.74. The lowest BCUT2D eigenvalue weighted by Gasteiger charge is -2.17.